The van der Waals surface area contributed by atoms with Crippen molar-refractivity contribution in [3.63, 3.8) is 0 Å². The molecule has 0 fully saturated rings. The Morgan fingerprint density at radius 3 is 2.63 bits per heavy atom. The van der Waals surface area contributed by atoms with Crippen LogP contribution in [0, 0.1) is 12.3 Å². The highest BCUT2D eigenvalue weighted by Crippen LogP contribution is 2.35. The molecule has 19 heavy (non-hydrogen) atoms. The first-order chi connectivity index (χ1) is 8.86. The topological polar surface area (TPSA) is 60.7 Å². The molecule has 1 aromatic carbocycles. The number of terminal acetylenes is 1. The Morgan fingerprint density at radius 1 is 1.37 bits per heavy atom. The maximum absolute atomic E-state index is 9.85. The van der Waals surface area contributed by atoms with Crippen molar-refractivity contribution in [1.29, 1.82) is 0 Å². The van der Waals surface area contributed by atoms with Gasteiger partial charge in [-0.05, 0) is 24.0 Å². The molecule has 0 radical (unpaired) electrons. The maximum Gasteiger partial charge on any atom is 0.123 e. The van der Waals surface area contributed by atoms with E-state index in [1.54, 1.807) is 12.1 Å². The second kappa shape index (κ2) is 6.01. The number of hydrogen-bond acceptors (Lipinski definition) is 3. The van der Waals surface area contributed by atoms with Crippen molar-refractivity contribution in [2.45, 2.75) is 25.7 Å². The molecule has 0 atom stereocenters. The van der Waals surface area contributed by atoms with Crippen molar-refractivity contribution >= 4 is 0 Å². The average molecular weight is 258 g/mol. The van der Waals surface area contributed by atoms with Gasteiger partial charge in [-0.2, -0.15) is 0 Å². The molecule has 3 heteroatoms. The number of aromatic hydroxyl groups is 2. The molecule has 0 saturated carbocycles. The summed E-state index contributed by atoms with van der Waals surface area (Å²) in [7, 11) is 0. The Morgan fingerprint density at radius 2 is 2.05 bits per heavy atom. The summed E-state index contributed by atoms with van der Waals surface area (Å²) in [5.74, 6) is 2.34. The summed E-state index contributed by atoms with van der Waals surface area (Å²) >= 11 is 0. The largest absolute Gasteiger partial charge is 0.508 e. The van der Waals surface area contributed by atoms with Gasteiger partial charge in [0.1, 0.15) is 17.3 Å². The molecular weight excluding hydrogens is 240 g/mol. The molecule has 0 amide bonds. The molecular formula is C16H18O3. The first-order valence-corrected chi connectivity index (χ1v) is 5.91. The third kappa shape index (κ3) is 4.11. The first kappa shape index (κ1) is 14.7. The van der Waals surface area contributed by atoms with Crippen molar-refractivity contribution < 1.29 is 15.3 Å². The second-order valence-electron chi connectivity index (χ2n) is 4.93. The molecule has 3 N–H and O–H groups in total. The van der Waals surface area contributed by atoms with Gasteiger partial charge in [-0.15, -0.1) is 6.42 Å². The minimum absolute atomic E-state index is 0.0215. The molecule has 3 nitrogen and oxygen atoms in total. The molecule has 0 aliphatic rings. The third-order valence-electron chi connectivity index (χ3n) is 2.86. The standard InChI is InChI=1S/C16H18O3/c1-4-6-12(17)7-5-10-16(2,3)14-9-8-13(18)11-15(14)19/h1,5-9,11,17-19H,10H2,2-3H3/b7-5-,12-6+. The smallest absolute Gasteiger partial charge is 0.123 e. The number of hydrogen-bond donors (Lipinski definition) is 3. The van der Waals surface area contributed by atoms with Crippen LogP contribution >= 0.6 is 0 Å². The van der Waals surface area contributed by atoms with E-state index in [4.69, 9.17) is 6.42 Å². The summed E-state index contributed by atoms with van der Waals surface area (Å²) in [5.41, 5.74) is 0.403. The number of phenolic OH excluding ortho intramolecular Hbond substituents is 2. The Hall–Kier alpha value is -2.34. The van der Waals surface area contributed by atoms with Crippen molar-refractivity contribution in [1.82, 2.24) is 0 Å². The molecule has 0 bridgehead atoms. The highest BCUT2D eigenvalue weighted by Gasteiger charge is 2.22. The van der Waals surface area contributed by atoms with E-state index in [0.29, 0.717) is 6.42 Å². The van der Waals surface area contributed by atoms with Gasteiger partial charge in [-0.1, -0.05) is 31.9 Å². The lowest BCUT2D eigenvalue weighted by atomic mass is 9.81. The number of rotatable bonds is 4. The first-order valence-electron chi connectivity index (χ1n) is 5.91. The molecule has 100 valence electrons. The average Bonchev–Trinajstić information content (AvgIpc) is 2.28. The quantitative estimate of drug-likeness (QED) is 0.440. The zero-order valence-corrected chi connectivity index (χ0v) is 11.1. The van der Waals surface area contributed by atoms with Gasteiger partial charge in [0.2, 0.25) is 0 Å². The second-order valence-corrected chi connectivity index (χ2v) is 4.93. The molecule has 0 unspecified atom stereocenters. The van der Waals surface area contributed by atoms with Crippen molar-refractivity contribution in [3.8, 4) is 23.8 Å². The molecule has 1 rings (SSSR count). The zero-order valence-electron chi connectivity index (χ0n) is 11.1. The predicted octanol–water partition coefficient (Wildman–Crippen LogP) is 3.40. The van der Waals surface area contributed by atoms with E-state index in [2.05, 4.69) is 5.92 Å². The summed E-state index contributed by atoms with van der Waals surface area (Å²) in [6.45, 7) is 3.93. The van der Waals surface area contributed by atoms with Crippen LogP contribution < -0.4 is 0 Å². The van der Waals surface area contributed by atoms with Crippen LogP contribution in [0.5, 0.6) is 11.5 Å². The zero-order chi connectivity index (χ0) is 14.5. The summed E-state index contributed by atoms with van der Waals surface area (Å²) in [5, 5.41) is 28.5. The van der Waals surface area contributed by atoms with Crippen molar-refractivity contribution in [3.05, 3.63) is 47.7 Å². The predicted molar refractivity (Wildman–Crippen MR) is 76.1 cm³/mol. The Bertz CT molecular complexity index is 546. The summed E-state index contributed by atoms with van der Waals surface area (Å²) in [6, 6.07) is 4.54. The Labute approximate surface area is 113 Å². The van der Waals surface area contributed by atoms with Crippen LogP contribution in [0.3, 0.4) is 0 Å². The van der Waals surface area contributed by atoms with E-state index in [1.165, 1.54) is 24.3 Å². The van der Waals surface area contributed by atoms with Crippen molar-refractivity contribution in [2.24, 2.45) is 0 Å². The molecule has 0 spiro atoms. The van der Waals surface area contributed by atoms with E-state index >= 15 is 0 Å². The number of aliphatic hydroxyl groups excluding tert-OH is 1. The molecule has 0 aliphatic heterocycles. The minimum atomic E-state index is -0.329. The summed E-state index contributed by atoms with van der Waals surface area (Å²) in [6.07, 6.45) is 10.2. The number of benzene rings is 1. The molecule has 0 aromatic heterocycles. The van der Waals surface area contributed by atoms with Gasteiger partial charge in [0, 0.05) is 17.7 Å². The van der Waals surface area contributed by atoms with Gasteiger partial charge in [0.25, 0.3) is 0 Å². The van der Waals surface area contributed by atoms with Gasteiger partial charge < -0.3 is 15.3 Å². The van der Waals surface area contributed by atoms with E-state index in [9.17, 15) is 15.3 Å². The number of aliphatic hydroxyl groups is 1. The number of allylic oxidation sites excluding steroid dienone is 3. The molecule has 0 saturated heterocycles. The summed E-state index contributed by atoms with van der Waals surface area (Å²) < 4.78 is 0. The fourth-order valence-corrected chi connectivity index (χ4v) is 1.81. The highest BCUT2D eigenvalue weighted by molar-refractivity contribution is 5.43. The fourth-order valence-electron chi connectivity index (χ4n) is 1.81. The van der Waals surface area contributed by atoms with Crippen LogP contribution in [0.15, 0.2) is 42.2 Å². The van der Waals surface area contributed by atoms with Crippen molar-refractivity contribution in [2.75, 3.05) is 0 Å². The lowest BCUT2D eigenvalue weighted by Crippen LogP contribution is -2.16. The van der Waals surface area contributed by atoms with Gasteiger partial charge in [0.15, 0.2) is 0 Å². The van der Waals surface area contributed by atoms with Gasteiger partial charge in [-0.3, -0.25) is 0 Å². The van der Waals surface area contributed by atoms with Gasteiger partial charge in [0.05, 0.1) is 0 Å². The Balaban J connectivity index is 2.87. The SMILES string of the molecule is C#C/C=C(O)\C=C/CC(C)(C)c1ccc(O)cc1O. The third-order valence-corrected chi connectivity index (χ3v) is 2.86. The molecule has 1 aromatic rings. The monoisotopic (exact) mass is 258 g/mol. The lowest BCUT2D eigenvalue weighted by Gasteiger charge is -2.24. The normalized spacial score (nSPS) is 12.6. The van der Waals surface area contributed by atoms with Gasteiger partial charge in [-0.25, -0.2) is 0 Å². The molecule has 0 aliphatic carbocycles. The van der Waals surface area contributed by atoms with E-state index in [0.717, 1.165) is 5.56 Å². The van der Waals surface area contributed by atoms with Crippen LogP contribution in [-0.2, 0) is 5.41 Å². The van der Waals surface area contributed by atoms with Crippen LogP contribution in [-0.4, -0.2) is 15.3 Å². The van der Waals surface area contributed by atoms with Crippen LogP contribution in [0.25, 0.3) is 0 Å². The Kier molecular flexibility index (Phi) is 4.66. The van der Waals surface area contributed by atoms with Crippen LogP contribution in [0.1, 0.15) is 25.8 Å². The highest BCUT2D eigenvalue weighted by atomic mass is 16.3. The van der Waals surface area contributed by atoms with E-state index in [-0.39, 0.29) is 22.7 Å². The molecule has 0 heterocycles. The number of phenols is 2. The van der Waals surface area contributed by atoms with E-state index < -0.39 is 0 Å². The lowest BCUT2D eigenvalue weighted by molar-refractivity contribution is 0.422. The van der Waals surface area contributed by atoms with Gasteiger partial charge >= 0.3 is 0 Å². The van der Waals surface area contributed by atoms with Crippen LogP contribution in [0.4, 0.5) is 0 Å². The maximum atomic E-state index is 9.85. The van der Waals surface area contributed by atoms with E-state index in [1.807, 2.05) is 13.8 Å². The summed E-state index contributed by atoms with van der Waals surface area (Å²) in [4.78, 5) is 0. The fraction of sp³-hybridized carbons (Fsp3) is 0.250. The minimum Gasteiger partial charge on any atom is -0.508 e. The van der Waals surface area contributed by atoms with Crippen LogP contribution in [0.2, 0.25) is 0 Å².